The van der Waals surface area contributed by atoms with Crippen molar-refractivity contribution in [1.29, 1.82) is 0 Å². The molecule has 2 aromatic rings. The predicted octanol–water partition coefficient (Wildman–Crippen LogP) is 3.58. The molecule has 7 nitrogen and oxygen atoms in total. The third-order valence-electron chi connectivity index (χ3n) is 3.17. The van der Waals surface area contributed by atoms with Gasteiger partial charge in [0.15, 0.2) is 6.61 Å². The molecule has 0 atom stereocenters. The minimum Gasteiger partial charge on any atom is -0.494 e. The molecule has 0 fully saturated rings. The predicted molar refractivity (Wildman–Crippen MR) is 90.0 cm³/mol. The summed E-state index contributed by atoms with van der Waals surface area (Å²) in [7, 11) is 1.36. The number of methoxy groups -OCH3 is 1. The lowest BCUT2D eigenvalue weighted by Gasteiger charge is -2.11. The van der Waals surface area contributed by atoms with Gasteiger partial charge in [-0.1, -0.05) is 11.6 Å². The first-order chi connectivity index (χ1) is 11.4. The molecule has 0 saturated heterocycles. The molecule has 0 aliphatic rings. The Morgan fingerprint density at radius 1 is 1.29 bits per heavy atom. The molecule has 0 radical (unpaired) electrons. The number of benzene rings is 2. The van der Waals surface area contributed by atoms with Crippen molar-refractivity contribution < 1.29 is 19.2 Å². The number of hydrogen-bond donors (Lipinski definition) is 1. The molecule has 2 rings (SSSR count). The average molecular weight is 351 g/mol. The van der Waals surface area contributed by atoms with Crippen molar-refractivity contribution in [2.24, 2.45) is 0 Å². The van der Waals surface area contributed by atoms with E-state index in [4.69, 9.17) is 21.1 Å². The SMILES string of the molecule is COc1cc([N+](=O)[O-])ccc1NC(=O)COc1ccc(Cl)c(C)c1. The second kappa shape index (κ2) is 7.65. The highest BCUT2D eigenvalue weighted by molar-refractivity contribution is 6.31. The number of anilines is 1. The summed E-state index contributed by atoms with van der Waals surface area (Å²) >= 11 is 5.92. The Morgan fingerprint density at radius 2 is 2.04 bits per heavy atom. The number of aryl methyl sites for hydroxylation is 1. The minimum atomic E-state index is -0.542. The van der Waals surface area contributed by atoms with Crippen LogP contribution >= 0.6 is 11.6 Å². The summed E-state index contributed by atoms with van der Waals surface area (Å²) in [6.07, 6.45) is 0. The number of carbonyl (C=O) groups excluding carboxylic acids is 1. The molecule has 0 spiro atoms. The van der Waals surface area contributed by atoms with Crippen LogP contribution in [0.1, 0.15) is 5.56 Å². The van der Waals surface area contributed by atoms with E-state index in [1.807, 2.05) is 6.92 Å². The first-order valence-electron chi connectivity index (χ1n) is 6.92. The van der Waals surface area contributed by atoms with Crippen LogP contribution in [0.15, 0.2) is 36.4 Å². The van der Waals surface area contributed by atoms with Crippen molar-refractivity contribution in [2.45, 2.75) is 6.92 Å². The van der Waals surface area contributed by atoms with Gasteiger partial charge in [0, 0.05) is 11.1 Å². The van der Waals surface area contributed by atoms with Gasteiger partial charge in [0.2, 0.25) is 0 Å². The number of ether oxygens (including phenoxy) is 2. The molecule has 2 aromatic carbocycles. The Hall–Kier alpha value is -2.80. The van der Waals surface area contributed by atoms with Crippen LogP contribution in [-0.2, 0) is 4.79 Å². The van der Waals surface area contributed by atoms with Gasteiger partial charge < -0.3 is 14.8 Å². The zero-order valence-corrected chi connectivity index (χ0v) is 13.8. The fraction of sp³-hybridized carbons (Fsp3) is 0.188. The first-order valence-corrected chi connectivity index (χ1v) is 7.29. The van der Waals surface area contributed by atoms with Crippen LogP contribution in [0.2, 0.25) is 5.02 Å². The van der Waals surface area contributed by atoms with Gasteiger partial charge in [0.1, 0.15) is 11.5 Å². The third-order valence-corrected chi connectivity index (χ3v) is 3.59. The molecular formula is C16H15ClN2O5. The second-order valence-corrected chi connectivity index (χ2v) is 5.30. The summed E-state index contributed by atoms with van der Waals surface area (Å²) in [5.74, 6) is 0.289. The number of hydrogen-bond acceptors (Lipinski definition) is 5. The van der Waals surface area contributed by atoms with E-state index < -0.39 is 10.8 Å². The van der Waals surface area contributed by atoms with E-state index in [0.29, 0.717) is 16.5 Å². The van der Waals surface area contributed by atoms with Crippen molar-refractivity contribution in [3.63, 3.8) is 0 Å². The largest absolute Gasteiger partial charge is 0.494 e. The number of carbonyl (C=O) groups is 1. The van der Waals surface area contributed by atoms with Crippen LogP contribution in [0.25, 0.3) is 0 Å². The Bertz CT molecular complexity index is 779. The summed E-state index contributed by atoms with van der Waals surface area (Å²) in [6.45, 7) is 1.61. The van der Waals surface area contributed by atoms with Crippen LogP contribution in [-0.4, -0.2) is 24.5 Å². The lowest BCUT2D eigenvalue weighted by Crippen LogP contribution is -2.20. The summed E-state index contributed by atoms with van der Waals surface area (Å²) in [5.41, 5.74) is 1.04. The van der Waals surface area contributed by atoms with Gasteiger partial charge in [0.25, 0.3) is 11.6 Å². The maximum atomic E-state index is 12.0. The molecular weight excluding hydrogens is 336 g/mol. The van der Waals surface area contributed by atoms with Gasteiger partial charge in [-0.15, -0.1) is 0 Å². The monoisotopic (exact) mass is 350 g/mol. The van der Waals surface area contributed by atoms with E-state index in [1.54, 1.807) is 18.2 Å². The normalized spacial score (nSPS) is 10.1. The summed E-state index contributed by atoms with van der Waals surface area (Å²) in [6, 6.07) is 8.99. The lowest BCUT2D eigenvalue weighted by atomic mass is 10.2. The fourth-order valence-electron chi connectivity index (χ4n) is 1.94. The van der Waals surface area contributed by atoms with Crippen molar-refractivity contribution >= 4 is 28.9 Å². The van der Waals surface area contributed by atoms with Gasteiger partial charge in [-0.2, -0.15) is 0 Å². The molecule has 0 aliphatic carbocycles. The second-order valence-electron chi connectivity index (χ2n) is 4.89. The third kappa shape index (κ3) is 4.36. The molecule has 1 amide bonds. The number of halogens is 1. The van der Waals surface area contributed by atoms with E-state index in [9.17, 15) is 14.9 Å². The quantitative estimate of drug-likeness (QED) is 0.635. The number of nitro groups is 1. The minimum absolute atomic E-state index is 0.127. The zero-order chi connectivity index (χ0) is 17.7. The number of non-ortho nitro benzene ring substituents is 1. The molecule has 1 N–H and O–H groups in total. The Balaban J connectivity index is 2.01. The Morgan fingerprint density at radius 3 is 2.67 bits per heavy atom. The average Bonchev–Trinajstić information content (AvgIpc) is 2.56. The number of nitrogens with zero attached hydrogens (tertiary/aromatic N) is 1. The topological polar surface area (TPSA) is 90.7 Å². The van der Waals surface area contributed by atoms with E-state index >= 15 is 0 Å². The maximum absolute atomic E-state index is 12.0. The van der Waals surface area contributed by atoms with Gasteiger partial charge in [0.05, 0.1) is 23.8 Å². The smallest absolute Gasteiger partial charge is 0.273 e. The first kappa shape index (κ1) is 17.6. The van der Waals surface area contributed by atoms with E-state index in [-0.39, 0.29) is 18.0 Å². The van der Waals surface area contributed by atoms with Crippen LogP contribution < -0.4 is 14.8 Å². The molecule has 0 aromatic heterocycles. The molecule has 24 heavy (non-hydrogen) atoms. The van der Waals surface area contributed by atoms with Crippen molar-refractivity contribution in [3.05, 3.63) is 57.1 Å². The maximum Gasteiger partial charge on any atom is 0.273 e. The standard InChI is InChI=1S/C16H15ClN2O5/c1-10-7-12(4-5-13(10)17)24-9-16(20)18-14-6-3-11(19(21)22)8-15(14)23-2/h3-8H,9H2,1-2H3,(H,18,20). The summed E-state index contributed by atoms with van der Waals surface area (Å²) < 4.78 is 10.4. The van der Waals surface area contributed by atoms with Crippen LogP contribution in [0.3, 0.4) is 0 Å². The molecule has 0 aliphatic heterocycles. The van der Waals surface area contributed by atoms with Crippen molar-refractivity contribution in [1.82, 2.24) is 0 Å². The van der Waals surface area contributed by atoms with E-state index in [0.717, 1.165) is 5.56 Å². The molecule has 0 unspecified atom stereocenters. The molecule has 8 heteroatoms. The lowest BCUT2D eigenvalue weighted by molar-refractivity contribution is -0.384. The number of amides is 1. The van der Waals surface area contributed by atoms with Crippen molar-refractivity contribution in [2.75, 3.05) is 19.0 Å². The van der Waals surface area contributed by atoms with Gasteiger partial charge >= 0.3 is 0 Å². The van der Waals surface area contributed by atoms with Crippen LogP contribution in [0, 0.1) is 17.0 Å². The highest BCUT2D eigenvalue weighted by Gasteiger charge is 2.13. The summed E-state index contributed by atoms with van der Waals surface area (Å²) in [4.78, 5) is 22.2. The van der Waals surface area contributed by atoms with Gasteiger partial charge in [-0.25, -0.2) is 0 Å². The number of nitro benzene ring substituents is 1. The molecule has 0 saturated carbocycles. The van der Waals surface area contributed by atoms with E-state index in [2.05, 4.69) is 5.32 Å². The van der Waals surface area contributed by atoms with E-state index in [1.165, 1.54) is 25.3 Å². The molecule has 0 heterocycles. The summed E-state index contributed by atoms with van der Waals surface area (Å²) in [5, 5.41) is 13.9. The van der Waals surface area contributed by atoms with Crippen LogP contribution in [0.4, 0.5) is 11.4 Å². The van der Waals surface area contributed by atoms with Crippen LogP contribution in [0.5, 0.6) is 11.5 Å². The number of nitrogens with one attached hydrogen (secondary N) is 1. The number of rotatable bonds is 6. The molecule has 0 bridgehead atoms. The Labute approximate surface area is 143 Å². The van der Waals surface area contributed by atoms with Gasteiger partial charge in [-0.3, -0.25) is 14.9 Å². The molecule has 126 valence electrons. The highest BCUT2D eigenvalue weighted by Crippen LogP contribution is 2.29. The zero-order valence-electron chi connectivity index (χ0n) is 13.0. The van der Waals surface area contributed by atoms with Crippen molar-refractivity contribution in [3.8, 4) is 11.5 Å². The van der Waals surface area contributed by atoms with Gasteiger partial charge in [-0.05, 0) is 36.8 Å². The highest BCUT2D eigenvalue weighted by atomic mass is 35.5. The Kier molecular flexibility index (Phi) is 5.59. The fourth-order valence-corrected chi connectivity index (χ4v) is 2.06.